The number of halogens is 3. The molecule has 2 aromatic carbocycles. The molecule has 8 heteroatoms. The summed E-state index contributed by atoms with van der Waals surface area (Å²) in [7, 11) is 0. The largest absolute Gasteiger partial charge is 0.432 e. The van der Waals surface area contributed by atoms with Gasteiger partial charge in [0.15, 0.2) is 5.75 Å². The van der Waals surface area contributed by atoms with E-state index in [0.29, 0.717) is 5.56 Å². The van der Waals surface area contributed by atoms with Crippen molar-refractivity contribution in [1.82, 2.24) is 9.78 Å². The van der Waals surface area contributed by atoms with Crippen molar-refractivity contribution in [2.24, 2.45) is 0 Å². The van der Waals surface area contributed by atoms with Gasteiger partial charge in [0, 0.05) is 17.3 Å². The van der Waals surface area contributed by atoms with Crippen LogP contribution in [-0.2, 0) is 0 Å². The lowest BCUT2D eigenvalue weighted by Gasteiger charge is -2.12. The van der Waals surface area contributed by atoms with E-state index >= 15 is 0 Å². The molecule has 0 aliphatic carbocycles. The molecule has 27 heavy (non-hydrogen) atoms. The van der Waals surface area contributed by atoms with Crippen LogP contribution in [0.4, 0.5) is 18.9 Å². The number of aryl methyl sites for hydroxylation is 2. The number of benzene rings is 2. The number of carbonyl (C=O) groups is 1. The maximum Gasteiger partial charge on any atom is 0.387 e. The first-order valence-corrected chi connectivity index (χ1v) is 8.03. The van der Waals surface area contributed by atoms with E-state index < -0.39 is 24.1 Å². The lowest BCUT2D eigenvalue weighted by atomic mass is 10.2. The SMILES string of the molecule is Cc1cc(C)n(-c2ccc(C(=O)Nc3ccc(F)cc3OC(F)F)cc2)n1. The molecule has 0 radical (unpaired) electrons. The molecule has 3 aromatic rings. The second-order valence-corrected chi connectivity index (χ2v) is 5.86. The fraction of sp³-hybridized carbons (Fsp3) is 0.158. The number of hydrogen-bond donors (Lipinski definition) is 1. The van der Waals surface area contributed by atoms with Crippen LogP contribution in [0.3, 0.4) is 0 Å². The van der Waals surface area contributed by atoms with Gasteiger partial charge in [-0.25, -0.2) is 9.07 Å². The Bertz CT molecular complexity index is 969. The zero-order chi connectivity index (χ0) is 19.6. The Balaban J connectivity index is 1.80. The van der Waals surface area contributed by atoms with Crippen LogP contribution in [0.25, 0.3) is 5.69 Å². The quantitative estimate of drug-likeness (QED) is 0.715. The number of nitrogens with zero attached hydrogens (tertiary/aromatic N) is 2. The minimum atomic E-state index is -3.14. The number of aromatic nitrogens is 2. The first kappa shape index (κ1) is 18.5. The average molecular weight is 375 g/mol. The highest BCUT2D eigenvalue weighted by Gasteiger charge is 2.14. The highest BCUT2D eigenvalue weighted by Crippen LogP contribution is 2.27. The number of amides is 1. The van der Waals surface area contributed by atoms with Crippen molar-refractivity contribution in [3.63, 3.8) is 0 Å². The van der Waals surface area contributed by atoms with Crippen LogP contribution in [0.15, 0.2) is 48.5 Å². The molecule has 1 N–H and O–H groups in total. The first-order valence-electron chi connectivity index (χ1n) is 8.03. The van der Waals surface area contributed by atoms with E-state index in [2.05, 4.69) is 15.2 Å². The van der Waals surface area contributed by atoms with E-state index in [0.717, 1.165) is 35.3 Å². The van der Waals surface area contributed by atoms with Crippen molar-refractivity contribution in [2.75, 3.05) is 5.32 Å². The van der Waals surface area contributed by atoms with Gasteiger partial charge in [0.05, 0.1) is 17.1 Å². The molecule has 1 amide bonds. The second kappa shape index (κ2) is 7.53. The predicted octanol–water partition coefficient (Wildman–Crippen LogP) is 4.48. The van der Waals surface area contributed by atoms with E-state index in [1.54, 1.807) is 28.9 Å². The molecule has 1 heterocycles. The third-order valence-electron chi connectivity index (χ3n) is 3.79. The Morgan fingerprint density at radius 3 is 2.41 bits per heavy atom. The average Bonchev–Trinajstić information content (AvgIpc) is 2.95. The zero-order valence-corrected chi connectivity index (χ0v) is 14.5. The Kier molecular flexibility index (Phi) is 5.16. The minimum absolute atomic E-state index is 0.0516. The fourth-order valence-corrected chi connectivity index (χ4v) is 2.63. The lowest BCUT2D eigenvalue weighted by molar-refractivity contribution is -0.0495. The molecule has 140 valence electrons. The summed E-state index contributed by atoms with van der Waals surface area (Å²) in [6.07, 6.45) is 0. The topological polar surface area (TPSA) is 56.2 Å². The minimum Gasteiger partial charge on any atom is -0.432 e. The van der Waals surface area contributed by atoms with Crippen molar-refractivity contribution < 1.29 is 22.7 Å². The van der Waals surface area contributed by atoms with Crippen molar-refractivity contribution in [2.45, 2.75) is 20.5 Å². The van der Waals surface area contributed by atoms with Gasteiger partial charge in [-0.15, -0.1) is 0 Å². The highest BCUT2D eigenvalue weighted by molar-refractivity contribution is 6.05. The summed E-state index contributed by atoms with van der Waals surface area (Å²) in [6, 6.07) is 11.5. The van der Waals surface area contributed by atoms with E-state index in [9.17, 15) is 18.0 Å². The lowest BCUT2D eigenvalue weighted by Crippen LogP contribution is -2.14. The molecule has 5 nitrogen and oxygen atoms in total. The van der Waals surface area contributed by atoms with Crippen molar-refractivity contribution in [3.05, 3.63) is 71.3 Å². The maximum atomic E-state index is 13.3. The fourth-order valence-electron chi connectivity index (χ4n) is 2.63. The van der Waals surface area contributed by atoms with Gasteiger partial charge in [-0.05, 0) is 56.3 Å². The smallest absolute Gasteiger partial charge is 0.387 e. The van der Waals surface area contributed by atoms with Gasteiger partial charge in [0.2, 0.25) is 0 Å². The van der Waals surface area contributed by atoms with Crippen LogP contribution in [0, 0.1) is 19.7 Å². The van der Waals surface area contributed by atoms with E-state index in [-0.39, 0.29) is 5.69 Å². The van der Waals surface area contributed by atoms with Crippen molar-refractivity contribution >= 4 is 11.6 Å². The molecule has 0 spiro atoms. The molecule has 0 aliphatic heterocycles. The maximum absolute atomic E-state index is 13.3. The molecular weight excluding hydrogens is 359 g/mol. The number of anilines is 1. The molecular formula is C19H16F3N3O2. The molecule has 0 fully saturated rings. The van der Waals surface area contributed by atoms with E-state index in [1.165, 1.54) is 0 Å². The van der Waals surface area contributed by atoms with Gasteiger partial charge >= 0.3 is 6.61 Å². The predicted molar refractivity (Wildman–Crippen MR) is 94.0 cm³/mol. The summed E-state index contributed by atoms with van der Waals surface area (Å²) >= 11 is 0. The van der Waals surface area contributed by atoms with Crippen LogP contribution in [0.5, 0.6) is 5.75 Å². The monoisotopic (exact) mass is 375 g/mol. The number of carbonyl (C=O) groups excluding carboxylic acids is 1. The van der Waals surface area contributed by atoms with Gasteiger partial charge < -0.3 is 10.1 Å². The summed E-state index contributed by atoms with van der Waals surface area (Å²) in [6.45, 7) is 0.662. The van der Waals surface area contributed by atoms with E-state index in [1.807, 2.05) is 19.9 Å². The van der Waals surface area contributed by atoms with E-state index in [4.69, 9.17) is 0 Å². The Labute approximate surface area is 153 Å². The molecule has 0 saturated heterocycles. The van der Waals surface area contributed by atoms with Gasteiger partial charge in [-0.3, -0.25) is 4.79 Å². The molecule has 3 rings (SSSR count). The van der Waals surface area contributed by atoms with Crippen LogP contribution in [0.1, 0.15) is 21.7 Å². The molecule has 0 unspecified atom stereocenters. The second-order valence-electron chi connectivity index (χ2n) is 5.86. The molecule has 1 aromatic heterocycles. The normalized spacial score (nSPS) is 10.9. The summed E-state index contributed by atoms with van der Waals surface area (Å²) in [4.78, 5) is 12.4. The Morgan fingerprint density at radius 2 is 1.81 bits per heavy atom. The zero-order valence-electron chi connectivity index (χ0n) is 14.5. The number of ether oxygens (including phenoxy) is 1. The Morgan fingerprint density at radius 1 is 1.11 bits per heavy atom. The van der Waals surface area contributed by atoms with Gasteiger partial charge in [0.25, 0.3) is 5.91 Å². The van der Waals surface area contributed by atoms with Crippen LogP contribution in [-0.4, -0.2) is 22.3 Å². The number of nitrogens with one attached hydrogen (secondary N) is 1. The summed E-state index contributed by atoms with van der Waals surface area (Å²) in [5, 5.41) is 6.81. The number of alkyl halides is 2. The van der Waals surface area contributed by atoms with Gasteiger partial charge in [0.1, 0.15) is 5.82 Å². The third-order valence-corrected chi connectivity index (χ3v) is 3.79. The molecule has 0 saturated carbocycles. The summed E-state index contributed by atoms with van der Waals surface area (Å²) in [5.41, 5.74) is 2.85. The van der Waals surface area contributed by atoms with Crippen molar-refractivity contribution in [1.29, 1.82) is 0 Å². The number of rotatable bonds is 5. The molecule has 0 atom stereocenters. The standard InChI is InChI=1S/C19H16F3N3O2/c1-11-9-12(2)25(24-11)15-6-3-13(4-7-15)18(26)23-16-8-5-14(20)10-17(16)27-19(21)22/h3-10,19H,1-2H3,(H,23,26). The summed E-state index contributed by atoms with van der Waals surface area (Å²) in [5.74, 6) is -1.74. The third kappa shape index (κ3) is 4.28. The first-order chi connectivity index (χ1) is 12.8. The van der Waals surface area contributed by atoms with Crippen LogP contribution in [0.2, 0.25) is 0 Å². The van der Waals surface area contributed by atoms with Crippen molar-refractivity contribution in [3.8, 4) is 11.4 Å². The summed E-state index contributed by atoms with van der Waals surface area (Å²) < 4.78 is 44.2. The van der Waals surface area contributed by atoms with Crippen LogP contribution >= 0.6 is 0 Å². The van der Waals surface area contributed by atoms with Gasteiger partial charge in [-0.1, -0.05) is 0 Å². The van der Waals surface area contributed by atoms with Gasteiger partial charge in [-0.2, -0.15) is 13.9 Å². The molecule has 0 aliphatic rings. The number of hydrogen-bond acceptors (Lipinski definition) is 3. The Hall–Kier alpha value is -3.29. The van der Waals surface area contributed by atoms with Crippen LogP contribution < -0.4 is 10.1 Å². The molecule has 0 bridgehead atoms. The highest BCUT2D eigenvalue weighted by atomic mass is 19.3.